The van der Waals surface area contributed by atoms with E-state index in [0.717, 1.165) is 29.2 Å². The lowest BCUT2D eigenvalue weighted by molar-refractivity contribution is -0.116. The third-order valence-electron chi connectivity index (χ3n) is 3.43. The molecule has 0 unspecified atom stereocenters. The molecule has 0 aromatic heterocycles. The molecule has 1 N–H and O–H groups in total. The zero-order valence-electron chi connectivity index (χ0n) is 12.2. The van der Waals surface area contributed by atoms with Gasteiger partial charge in [0.15, 0.2) is 0 Å². The van der Waals surface area contributed by atoms with Crippen LogP contribution in [0.2, 0.25) is 0 Å². The molecule has 1 aromatic rings. The van der Waals surface area contributed by atoms with Gasteiger partial charge < -0.3 is 5.32 Å². The maximum absolute atomic E-state index is 12.1. The first-order chi connectivity index (χ1) is 10.2. The maximum atomic E-state index is 12.1. The fraction of sp³-hybridized carbons (Fsp3) is 0.412. The highest BCUT2D eigenvalue weighted by Gasteiger charge is 2.15. The molecule has 1 amide bonds. The number of carbonyl (C=O) groups is 1. The molecule has 0 radical (unpaired) electrons. The van der Waals surface area contributed by atoms with Gasteiger partial charge in [0.1, 0.15) is 0 Å². The molecule has 0 heterocycles. The molecule has 21 heavy (non-hydrogen) atoms. The van der Waals surface area contributed by atoms with E-state index in [1.54, 1.807) is 11.8 Å². The van der Waals surface area contributed by atoms with E-state index in [-0.39, 0.29) is 11.8 Å². The van der Waals surface area contributed by atoms with Crippen molar-refractivity contribution >= 4 is 23.4 Å². The first-order valence-corrected chi connectivity index (χ1v) is 8.25. The number of benzene rings is 1. The molecule has 1 aromatic carbocycles. The number of allylic oxidation sites excluding steroid dienone is 2. The Hall–Kier alpha value is -1.73. The van der Waals surface area contributed by atoms with Gasteiger partial charge in [-0.3, -0.25) is 4.79 Å². The summed E-state index contributed by atoms with van der Waals surface area (Å²) in [5.74, 6) is 1.17. The molecule has 2 rings (SSSR count). The Labute approximate surface area is 130 Å². The second kappa shape index (κ2) is 7.90. The summed E-state index contributed by atoms with van der Waals surface area (Å²) in [5.41, 5.74) is 0.847. The van der Waals surface area contributed by atoms with Crippen molar-refractivity contribution in [2.24, 2.45) is 11.8 Å². The van der Waals surface area contributed by atoms with Crippen LogP contribution < -0.4 is 5.32 Å². The third kappa shape index (κ3) is 4.95. The van der Waals surface area contributed by atoms with Crippen LogP contribution in [-0.4, -0.2) is 11.7 Å². The molecule has 3 nitrogen and oxygen atoms in total. The van der Waals surface area contributed by atoms with Crippen LogP contribution in [0.1, 0.15) is 26.2 Å². The molecule has 0 bridgehead atoms. The Bertz CT molecular complexity index is 562. The van der Waals surface area contributed by atoms with Crippen molar-refractivity contribution in [1.29, 1.82) is 5.26 Å². The molecule has 0 saturated carbocycles. The van der Waals surface area contributed by atoms with Gasteiger partial charge in [0.25, 0.3) is 0 Å². The standard InChI is InChI=1S/C17H20N2OS/c1-13(11-18)12-21-16-9-5-4-8-15(16)19-17(20)10-14-6-2-3-7-14/h2,4-6,8-9,13-14H,3,7,10,12H2,1H3,(H,19,20)/t13-,14+/m0/s1. The van der Waals surface area contributed by atoms with Gasteiger partial charge in [-0.05, 0) is 37.8 Å². The molecule has 1 aliphatic rings. The topological polar surface area (TPSA) is 52.9 Å². The molecule has 0 saturated heterocycles. The summed E-state index contributed by atoms with van der Waals surface area (Å²) in [6.45, 7) is 1.90. The number of nitrogens with one attached hydrogen (secondary N) is 1. The van der Waals surface area contributed by atoms with E-state index in [1.807, 2.05) is 31.2 Å². The van der Waals surface area contributed by atoms with E-state index in [2.05, 4.69) is 23.5 Å². The van der Waals surface area contributed by atoms with Gasteiger partial charge in [-0.2, -0.15) is 5.26 Å². The average Bonchev–Trinajstić information content (AvgIpc) is 2.98. The monoisotopic (exact) mass is 300 g/mol. The highest BCUT2D eigenvalue weighted by Crippen LogP contribution is 2.29. The van der Waals surface area contributed by atoms with Crippen molar-refractivity contribution in [3.63, 3.8) is 0 Å². The van der Waals surface area contributed by atoms with Gasteiger partial charge in [0.2, 0.25) is 5.91 Å². The number of hydrogen-bond acceptors (Lipinski definition) is 3. The van der Waals surface area contributed by atoms with Crippen molar-refractivity contribution in [3.8, 4) is 6.07 Å². The van der Waals surface area contributed by atoms with Gasteiger partial charge in [0, 0.05) is 17.1 Å². The zero-order chi connectivity index (χ0) is 15.1. The quantitative estimate of drug-likeness (QED) is 0.631. The minimum Gasteiger partial charge on any atom is -0.325 e. The average molecular weight is 300 g/mol. The van der Waals surface area contributed by atoms with E-state index in [4.69, 9.17) is 5.26 Å². The Morgan fingerprint density at radius 1 is 1.52 bits per heavy atom. The van der Waals surface area contributed by atoms with Crippen molar-refractivity contribution in [1.82, 2.24) is 0 Å². The van der Waals surface area contributed by atoms with E-state index < -0.39 is 0 Å². The van der Waals surface area contributed by atoms with Crippen LogP contribution in [-0.2, 0) is 4.79 Å². The number of amides is 1. The van der Waals surface area contributed by atoms with E-state index in [0.29, 0.717) is 12.3 Å². The van der Waals surface area contributed by atoms with E-state index >= 15 is 0 Å². The predicted octanol–water partition coefficient (Wildman–Crippen LogP) is 4.23. The molecule has 0 fully saturated rings. The summed E-state index contributed by atoms with van der Waals surface area (Å²) >= 11 is 1.61. The van der Waals surface area contributed by atoms with Crippen LogP contribution in [0.4, 0.5) is 5.69 Å². The molecular formula is C17H20N2OS. The smallest absolute Gasteiger partial charge is 0.224 e. The molecule has 0 spiro atoms. The fourth-order valence-corrected chi connectivity index (χ4v) is 3.21. The summed E-state index contributed by atoms with van der Waals surface area (Å²) in [4.78, 5) is 13.1. The van der Waals surface area contributed by atoms with Crippen LogP contribution in [0, 0.1) is 23.2 Å². The Balaban J connectivity index is 1.94. The fourth-order valence-electron chi connectivity index (χ4n) is 2.25. The van der Waals surface area contributed by atoms with Crippen molar-refractivity contribution in [3.05, 3.63) is 36.4 Å². The van der Waals surface area contributed by atoms with Crippen molar-refractivity contribution in [2.75, 3.05) is 11.1 Å². The summed E-state index contributed by atoms with van der Waals surface area (Å²) in [6, 6.07) is 10.0. The second-order valence-electron chi connectivity index (χ2n) is 5.36. The maximum Gasteiger partial charge on any atom is 0.224 e. The minimum absolute atomic E-state index is 0.00221. The Morgan fingerprint density at radius 2 is 2.33 bits per heavy atom. The molecule has 110 valence electrons. The Morgan fingerprint density at radius 3 is 3.05 bits per heavy atom. The molecule has 1 aliphatic carbocycles. The van der Waals surface area contributed by atoms with Crippen LogP contribution in [0.15, 0.2) is 41.3 Å². The number of nitrogens with zero attached hydrogens (tertiary/aromatic N) is 1. The highest BCUT2D eigenvalue weighted by atomic mass is 32.2. The lowest BCUT2D eigenvalue weighted by Gasteiger charge is -2.12. The summed E-state index contributed by atoms with van der Waals surface area (Å²) < 4.78 is 0. The van der Waals surface area contributed by atoms with Crippen LogP contribution in [0.3, 0.4) is 0 Å². The van der Waals surface area contributed by atoms with E-state index in [9.17, 15) is 4.79 Å². The third-order valence-corrected chi connectivity index (χ3v) is 4.76. The second-order valence-corrected chi connectivity index (χ2v) is 6.42. The molecular weight excluding hydrogens is 280 g/mol. The number of hydrogen-bond donors (Lipinski definition) is 1. The first-order valence-electron chi connectivity index (χ1n) is 7.27. The molecule has 0 aliphatic heterocycles. The van der Waals surface area contributed by atoms with Crippen molar-refractivity contribution in [2.45, 2.75) is 31.1 Å². The number of rotatable bonds is 6. The highest BCUT2D eigenvalue weighted by molar-refractivity contribution is 7.99. The van der Waals surface area contributed by atoms with Crippen LogP contribution in [0.5, 0.6) is 0 Å². The zero-order valence-corrected chi connectivity index (χ0v) is 13.0. The lowest BCUT2D eigenvalue weighted by atomic mass is 10.1. The van der Waals surface area contributed by atoms with Gasteiger partial charge in [0.05, 0.1) is 17.7 Å². The van der Waals surface area contributed by atoms with Crippen LogP contribution >= 0.6 is 11.8 Å². The molecule has 2 atom stereocenters. The molecule has 4 heteroatoms. The number of anilines is 1. The predicted molar refractivity (Wildman–Crippen MR) is 87.1 cm³/mol. The largest absolute Gasteiger partial charge is 0.325 e. The summed E-state index contributed by atoms with van der Waals surface area (Å²) in [6.07, 6.45) is 6.98. The number of thioether (sulfide) groups is 1. The van der Waals surface area contributed by atoms with Gasteiger partial charge >= 0.3 is 0 Å². The van der Waals surface area contributed by atoms with Gasteiger partial charge in [-0.1, -0.05) is 24.3 Å². The van der Waals surface area contributed by atoms with Gasteiger partial charge in [-0.25, -0.2) is 0 Å². The van der Waals surface area contributed by atoms with Crippen LogP contribution in [0.25, 0.3) is 0 Å². The lowest BCUT2D eigenvalue weighted by Crippen LogP contribution is -2.15. The number of carbonyl (C=O) groups excluding carboxylic acids is 1. The van der Waals surface area contributed by atoms with E-state index in [1.165, 1.54) is 0 Å². The Kier molecular flexibility index (Phi) is 5.89. The number of para-hydroxylation sites is 1. The SMILES string of the molecule is C[C@@H](C#N)CSc1ccccc1NC(=O)C[C@@H]1C=CCC1. The van der Waals surface area contributed by atoms with Crippen molar-refractivity contribution < 1.29 is 4.79 Å². The summed E-state index contributed by atoms with van der Waals surface area (Å²) in [7, 11) is 0. The summed E-state index contributed by atoms with van der Waals surface area (Å²) in [5, 5.41) is 11.8. The first kappa shape index (κ1) is 15.7. The number of nitriles is 1. The van der Waals surface area contributed by atoms with Gasteiger partial charge in [-0.15, -0.1) is 11.8 Å². The normalized spacial score (nSPS) is 18.2. The minimum atomic E-state index is 0.00221.